The minimum absolute atomic E-state index is 0.101. The van der Waals surface area contributed by atoms with Gasteiger partial charge in [0.2, 0.25) is 0 Å². The monoisotopic (exact) mass is 502 g/mol. The fourth-order valence-electron chi connectivity index (χ4n) is 4.00. The number of urea groups is 1. The zero-order chi connectivity index (χ0) is 26.5. The molecule has 8 nitrogen and oxygen atoms in total. The number of hydrogen-bond donors (Lipinski definition) is 3. The molecule has 4 aromatic carbocycles. The molecular weight excluding hydrogens is 480 g/mol. The molecule has 0 bridgehead atoms. The van der Waals surface area contributed by atoms with Crippen molar-refractivity contribution in [1.29, 1.82) is 0 Å². The zero-order valence-corrected chi connectivity index (χ0v) is 20.0. The van der Waals surface area contributed by atoms with Crippen molar-refractivity contribution in [3.8, 4) is 0 Å². The van der Waals surface area contributed by atoms with Crippen LogP contribution in [0.2, 0.25) is 0 Å². The van der Waals surface area contributed by atoms with Gasteiger partial charge in [-0.1, -0.05) is 60.7 Å². The molecule has 0 radical (unpaired) electrons. The lowest BCUT2D eigenvalue weighted by Crippen LogP contribution is -2.30. The predicted octanol–water partition coefficient (Wildman–Crippen LogP) is 6.56. The average Bonchev–Trinajstić information content (AvgIpc) is 2.94. The van der Waals surface area contributed by atoms with Crippen LogP contribution in [0.25, 0.3) is 10.9 Å². The smallest absolute Gasteiger partial charge is 0.335 e. The van der Waals surface area contributed by atoms with Crippen LogP contribution < -0.4 is 15.5 Å². The normalized spacial score (nSPS) is 10.5. The fourth-order valence-corrected chi connectivity index (χ4v) is 4.00. The van der Waals surface area contributed by atoms with Crippen LogP contribution in [0.1, 0.15) is 20.8 Å². The lowest BCUT2D eigenvalue weighted by Gasteiger charge is -2.23. The van der Waals surface area contributed by atoms with Gasteiger partial charge in [0.15, 0.2) is 0 Å². The van der Waals surface area contributed by atoms with E-state index in [2.05, 4.69) is 15.6 Å². The van der Waals surface area contributed by atoms with Crippen LogP contribution >= 0.6 is 0 Å². The molecule has 0 fully saturated rings. The molecule has 0 atom stereocenters. The van der Waals surface area contributed by atoms with Gasteiger partial charge in [-0.3, -0.25) is 9.69 Å². The van der Waals surface area contributed by atoms with Crippen molar-refractivity contribution in [1.82, 2.24) is 4.98 Å². The summed E-state index contributed by atoms with van der Waals surface area (Å²) in [7, 11) is 0. The van der Waals surface area contributed by atoms with Gasteiger partial charge in [0.05, 0.1) is 22.5 Å². The number of benzene rings is 4. The predicted molar refractivity (Wildman–Crippen MR) is 147 cm³/mol. The summed E-state index contributed by atoms with van der Waals surface area (Å²) in [5.74, 6) is -1.71. The van der Waals surface area contributed by atoms with E-state index in [9.17, 15) is 19.5 Å². The number of fused-ring (bicyclic) bond motifs is 1. The zero-order valence-electron chi connectivity index (χ0n) is 20.0. The van der Waals surface area contributed by atoms with Crippen molar-refractivity contribution in [2.45, 2.75) is 0 Å². The number of nitrogens with zero attached hydrogens (tertiary/aromatic N) is 2. The van der Waals surface area contributed by atoms with Gasteiger partial charge in [-0.05, 0) is 54.6 Å². The van der Waals surface area contributed by atoms with Crippen molar-refractivity contribution in [2.24, 2.45) is 0 Å². The minimum atomic E-state index is -1.21. The summed E-state index contributed by atoms with van der Waals surface area (Å²) < 4.78 is 0. The number of aromatic nitrogens is 1. The number of anilines is 4. The number of nitrogens with one attached hydrogen (secondary N) is 2. The van der Waals surface area contributed by atoms with E-state index in [-0.39, 0.29) is 22.6 Å². The standard InChI is InChI=1S/C30H22N4O4/c35-28(27-16-15-20-9-7-8-14-26(20)33-27)31-22-17-21(29(36)37)18-23(19-22)32-30(38)34(24-10-3-1-4-11-24)25-12-5-2-6-13-25/h1-19H,(H,31,35)(H,32,38)(H,36,37). The lowest BCUT2D eigenvalue weighted by atomic mass is 10.1. The quantitative estimate of drug-likeness (QED) is 0.244. The first-order chi connectivity index (χ1) is 18.5. The highest BCUT2D eigenvalue weighted by Crippen LogP contribution is 2.27. The molecule has 0 aliphatic carbocycles. The molecule has 0 saturated carbocycles. The largest absolute Gasteiger partial charge is 0.478 e. The van der Waals surface area contributed by atoms with Gasteiger partial charge in [0.25, 0.3) is 5.91 Å². The van der Waals surface area contributed by atoms with Gasteiger partial charge < -0.3 is 15.7 Å². The Kier molecular flexibility index (Phi) is 6.77. The number of rotatable bonds is 6. The van der Waals surface area contributed by atoms with E-state index in [0.29, 0.717) is 16.9 Å². The molecule has 3 amide bonds. The van der Waals surface area contributed by atoms with Crippen molar-refractivity contribution in [3.05, 3.63) is 127 Å². The number of aromatic carboxylic acids is 1. The van der Waals surface area contributed by atoms with Crippen molar-refractivity contribution < 1.29 is 19.5 Å². The number of amides is 3. The molecular formula is C30H22N4O4. The van der Waals surface area contributed by atoms with Crippen LogP contribution in [0.4, 0.5) is 27.5 Å². The maximum absolute atomic E-state index is 13.4. The third kappa shape index (κ3) is 5.34. The minimum Gasteiger partial charge on any atom is -0.478 e. The summed E-state index contributed by atoms with van der Waals surface area (Å²) in [5, 5.41) is 16.0. The number of hydrogen-bond acceptors (Lipinski definition) is 4. The van der Waals surface area contributed by atoms with Gasteiger partial charge in [-0.2, -0.15) is 0 Å². The average molecular weight is 503 g/mol. The topological polar surface area (TPSA) is 112 Å². The third-order valence-electron chi connectivity index (χ3n) is 5.75. The molecule has 1 aromatic heterocycles. The number of carbonyl (C=O) groups excluding carboxylic acids is 2. The van der Waals surface area contributed by atoms with Gasteiger partial charge in [-0.15, -0.1) is 0 Å². The molecule has 0 spiro atoms. The molecule has 0 aliphatic heterocycles. The van der Waals surface area contributed by atoms with Crippen LogP contribution in [0, 0.1) is 0 Å². The molecule has 5 aromatic rings. The highest BCUT2D eigenvalue weighted by atomic mass is 16.4. The Morgan fingerprint density at radius 1 is 0.658 bits per heavy atom. The summed E-state index contributed by atoms with van der Waals surface area (Å²) in [6.45, 7) is 0. The van der Waals surface area contributed by atoms with E-state index in [1.165, 1.54) is 23.1 Å². The van der Waals surface area contributed by atoms with E-state index in [4.69, 9.17) is 0 Å². The second-order valence-corrected chi connectivity index (χ2v) is 8.38. The number of pyridine rings is 1. The molecule has 1 heterocycles. The summed E-state index contributed by atoms with van der Waals surface area (Å²) >= 11 is 0. The summed E-state index contributed by atoms with van der Waals surface area (Å²) in [4.78, 5) is 44.1. The summed E-state index contributed by atoms with van der Waals surface area (Å²) in [6.07, 6.45) is 0. The first kappa shape index (κ1) is 24.2. The first-order valence-electron chi connectivity index (χ1n) is 11.7. The highest BCUT2D eigenvalue weighted by molar-refractivity contribution is 6.09. The van der Waals surface area contributed by atoms with Crippen molar-refractivity contribution in [2.75, 3.05) is 15.5 Å². The van der Waals surface area contributed by atoms with Crippen molar-refractivity contribution >= 4 is 51.6 Å². The van der Waals surface area contributed by atoms with E-state index < -0.39 is 17.9 Å². The van der Waals surface area contributed by atoms with Gasteiger partial charge >= 0.3 is 12.0 Å². The number of carboxylic acids is 1. The highest BCUT2D eigenvalue weighted by Gasteiger charge is 2.19. The Morgan fingerprint density at radius 2 is 1.24 bits per heavy atom. The van der Waals surface area contributed by atoms with Crippen LogP contribution in [-0.4, -0.2) is 28.0 Å². The van der Waals surface area contributed by atoms with E-state index in [1.54, 1.807) is 42.5 Å². The maximum atomic E-state index is 13.4. The Labute approximate surface area is 218 Å². The molecule has 8 heteroatoms. The number of carbonyl (C=O) groups is 3. The Bertz CT molecular complexity index is 1600. The molecule has 5 rings (SSSR count). The van der Waals surface area contributed by atoms with Gasteiger partial charge in [0, 0.05) is 16.8 Å². The Morgan fingerprint density at radius 3 is 1.87 bits per heavy atom. The van der Waals surface area contributed by atoms with Crippen LogP contribution in [0.15, 0.2) is 115 Å². The molecule has 186 valence electrons. The Balaban J connectivity index is 1.43. The molecule has 0 aliphatic rings. The molecule has 0 unspecified atom stereocenters. The van der Waals surface area contributed by atoms with Crippen molar-refractivity contribution in [3.63, 3.8) is 0 Å². The third-order valence-corrected chi connectivity index (χ3v) is 5.75. The molecule has 0 saturated heterocycles. The number of carboxylic acid groups (broad SMARTS) is 1. The van der Waals surface area contributed by atoms with Crippen LogP contribution in [0.5, 0.6) is 0 Å². The second-order valence-electron chi connectivity index (χ2n) is 8.38. The maximum Gasteiger partial charge on any atom is 0.335 e. The Hall–Kier alpha value is -5.50. The van der Waals surface area contributed by atoms with E-state index in [0.717, 1.165) is 5.39 Å². The number of para-hydroxylation sites is 3. The fraction of sp³-hybridized carbons (Fsp3) is 0. The van der Waals surface area contributed by atoms with E-state index in [1.807, 2.05) is 54.6 Å². The van der Waals surface area contributed by atoms with E-state index >= 15 is 0 Å². The van der Waals surface area contributed by atoms with Gasteiger partial charge in [-0.25, -0.2) is 14.6 Å². The van der Waals surface area contributed by atoms with Crippen LogP contribution in [0.3, 0.4) is 0 Å². The summed E-state index contributed by atoms with van der Waals surface area (Å²) in [6, 6.07) is 32.6. The van der Waals surface area contributed by atoms with Crippen LogP contribution in [-0.2, 0) is 0 Å². The first-order valence-corrected chi connectivity index (χ1v) is 11.7. The SMILES string of the molecule is O=C(O)c1cc(NC(=O)c2ccc3ccccc3n2)cc(NC(=O)N(c2ccccc2)c2ccccc2)c1. The second kappa shape index (κ2) is 10.6. The van der Waals surface area contributed by atoms with Gasteiger partial charge in [0.1, 0.15) is 5.69 Å². The lowest BCUT2D eigenvalue weighted by molar-refractivity contribution is 0.0696. The molecule has 3 N–H and O–H groups in total. The molecule has 38 heavy (non-hydrogen) atoms. The summed E-state index contributed by atoms with van der Waals surface area (Å²) in [5.41, 5.74) is 2.39.